The Labute approximate surface area is 132 Å². The van der Waals surface area contributed by atoms with E-state index in [9.17, 15) is 4.21 Å². The van der Waals surface area contributed by atoms with E-state index >= 15 is 0 Å². The van der Waals surface area contributed by atoms with E-state index in [1.54, 1.807) is 12.3 Å². The van der Waals surface area contributed by atoms with Gasteiger partial charge in [-0.05, 0) is 13.3 Å². The first-order chi connectivity index (χ1) is 10.0. The standard InChI is InChI=1S/C15H18ClN3OS/c1-11(8-9-21(2)20)17-14-10-13(16)18-15(19-14)12-6-4-3-5-7-12/h3-7,10-11H,8-9H2,1-2H3,(H,17,18,19). The lowest BCUT2D eigenvalue weighted by Gasteiger charge is -2.14. The van der Waals surface area contributed by atoms with E-state index in [-0.39, 0.29) is 6.04 Å². The molecular formula is C15H18ClN3OS. The summed E-state index contributed by atoms with van der Waals surface area (Å²) in [5.41, 5.74) is 0.922. The quantitative estimate of drug-likeness (QED) is 0.828. The summed E-state index contributed by atoms with van der Waals surface area (Å²) in [5.74, 6) is 1.94. The highest BCUT2D eigenvalue weighted by Crippen LogP contribution is 2.20. The summed E-state index contributed by atoms with van der Waals surface area (Å²) in [7, 11) is -0.781. The lowest BCUT2D eigenvalue weighted by molar-refractivity contribution is 0.678. The first-order valence-corrected chi connectivity index (χ1v) is 8.81. The van der Waals surface area contributed by atoms with Crippen molar-refractivity contribution in [1.82, 2.24) is 9.97 Å². The van der Waals surface area contributed by atoms with Crippen LogP contribution in [-0.4, -0.2) is 32.2 Å². The van der Waals surface area contributed by atoms with Gasteiger partial charge in [-0.15, -0.1) is 0 Å². The summed E-state index contributed by atoms with van der Waals surface area (Å²) >= 11 is 6.07. The van der Waals surface area contributed by atoms with E-state index in [1.165, 1.54) is 0 Å². The van der Waals surface area contributed by atoms with E-state index in [2.05, 4.69) is 15.3 Å². The molecule has 1 aromatic carbocycles. The molecule has 0 amide bonds. The highest BCUT2D eigenvalue weighted by Gasteiger charge is 2.08. The van der Waals surface area contributed by atoms with Crippen LogP contribution in [-0.2, 0) is 10.8 Å². The van der Waals surface area contributed by atoms with Crippen molar-refractivity contribution in [3.05, 3.63) is 41.6 Å². The second-order valence-electron chi connectivity index (χ2n) is 4.88. The Morgan fingerprint density at radius 2 is 2.00 bits per heavy atom. The SMILES string of the molecule is CC(CCS(C)=O)Nc1cc(Cl)nc(-c2ccccc2)n1. The van der Waals surface area contributed by atoms with E-state index in [0.29, 0.717) is 22.5 Å². The maximum Gasteiger partial charge on any atom is 0.163 e. The fourth-order valence-electron chi connectivity index (χ4n) is 1.88. The molecule has 1 aromatic heterocycles. The van der Waals surface area contributed by atoms with Crippen LogP contribution in [0.25, 0.3) is 11.4 Å². The molecule has 0 bridgehead atoms. The lowest BCUT2D eigenvalue weighted by atomic mass is 10.2. The number of anilines is 1. The number of aromatic nitrogens is 2. The van der Waals surface area contributed by atoms with Crippen molar-refractivity contribution in [1.29, 1.82) is 0 Å². The van der Waals surface area contributed by atoms with Crippen molar-refractivity contribution in [3.63, 3.8) is 0 Å². The first kappa shape index (κ1) is 15.9. The maximum atomic E-state index is 11.1. The van der Waals surface area contributed by atoms with Crippen LogP contribution in [0.1, 0.15) is 13.3 Å². The number of hydrogen-bond acceptors (Lipinski definition) is 4. The lowest BCUT2D eigenvalue weighted by Crippen LogP contribution is -2.18. The van der Waals surface area contributed by atoms with E-state index in [1.807, 2.05) is 37.3 Å². The summed E-state index contributed by atoms with van der Waals surface area (Å²) < 4.78 is 11.1. The van der Waals surface area contributed by atoms with Crippen molar-refractivity contribution < 1.29 is 4.21 Å². The number of halogens is 1. The molecule has 2 unspecified atom stereocenters. The normalized spacial score (nSPS) is 13.7. The van der Waals surface area contributed by atoms with E-state index in [0.717, 1.165) is 12.0 Å². The van der Waals surface area contributed by atoms with Gasteiger partial charge in [-0.2, -0.15) is 0 Å². The van der Waals surface area contributed by atoms with Crippen molar-refractivity contribution in [2.75, 3.05) is 17.3 Å². The minimum Gasteiger partial charge on any atom is -0.367 e. The minimum absolute atomic E-state index is 0.170. The van der Waals surface area contributed by atoms with Crippen LogP contribution >= 0.6 is 11.6 Å². The Balaban J connectivity index is 2.14. The van der Waals surface area contributed by atoms with Crippen LogP contribution in [0.5, 0.6) is 0 Å². The highest BCUT2D eigenvalue weighted by atomic mass is 35.5. The molecule has 0 aliphatic carbocycles. The molecule has 2 aromatic rings. The molecule has 0 saturated carbocycles. The fourth-order valence-corrected chi connectivity index (χ4v) is 2.74. The van der Waals surface area contributed by atoms with Crippen molar-refractivity contribution >= 4 is 28.2 Å². The third-order valence-electron chi connectivity index (χ3n) is 2.96. The molecule has 0 aliphatic rings. The largest absolute Gasteiger partial charge is 0.367 e. The Bertz CT molecular complexity index is 622. The molecule has 6 heteroatoms. The number of nitrogens with one attached hydrogen (secondary N) is 1. The molecule has 4 nitrogen and oxygen atoms in total. The Kier molecular flexibility index (Phi) is 5.70. The predicted octanol–water partition coefficient (Wildman–Crippen LogP) is 3.37. The zero-order chi connectivity index (χ0) is 15.2. The Morgan fingerprint density at radius 1 is 1.29 bits per heavy atom. The van der Waals surface area contributed by atoms with Gasteiger partial charge in [0.1, 0.15) is 11.0 Å². The van der Waals surface area contributed by atoms with E-state index in [4.69, 9.17) is 11.6 Å². The van der Waals surface area contributed by atoms with Crippen molar-refractivity contribution in [2.45, 2.75) is 19.4 Å². The van der Waals surface area contributed by atoms with Gasteiger partial charge in [0.2, 0.25) is 0 Å². The molecule has 0 fully saturated rings. The van der Waals surface area contributed by atoms with Crippen LogP contribution < -0.4 is 5.32 Å². The zero-order valence-corrected chi connectivity index (χ0v) is 13.6. The van der Waals surface area contributed by atoms with Crippen molar-refractivity contribution in [3.8, 4) is 11.4 Å². The monoisotopic (exact) mass is 323 g/mol. The number of hydrogen-bond donors (Lipinski definition) is 1. The van der Waals surface area contributed by atoms with Gasteiger partial charge in [-0.3, -0.25) is 4.21 Å². The molecule has 0 radical (unpaired) electrons. The van der Waals surface area contributed by atoms with Gasteiger partial charge in [-0.1, -0.05) is 41.9 Å². The molecule has 1 heterocycles. The number of nitrogens with zero attached hydrogens (tertiary/aromatic N) is 2. The molecule has 21 heavy (non-hydrogen) atoms. The Hall–Kier alpha value is -1.46. The third kappa shape index (κ3) is 5.10. The predicted molar refractivity (Wildman–Crippen MR) is 89.1 cm³/mol. The van der Waals surface area contributed by atoms with Gasteiger partial charge < -0.3 is 5.32 Å². The molecular weight excluding hydrogens is 306 g/mol. The summed E-state index contributed by atoms with van der Waals surface area (Å²) in [4.78, 5) is 8.74. The van der Waals surface area contributed by atoms with E-state index < -0.39 is 10.8 Å². The van der Waals surface area contributed by atoms with Gasteiger partial charge in [0.05, 0.1) is 0 Å². The number of benzene rings is 1. The van der Waals surface area contributed by atoms with Crippen LogP contribution in [0, 0.1) is 0 Å². The molecule has 1 N–H and O–H groups in total. The summed E-state index contributed by atoms with van der Waals surface area (Å²) in [6, 6.07) is 11.6. The topological polar surface area (TPSA) is 54.9 Å². The molecule has 0 saturated heterocycles. The van der Waals surface area contributed by atoms with Crippen LogP contribution in [0.4, 0.5) is 5.82 Å². The van der Waals surface area contributed by atoms with Gasteiger partial charge in [-0.25, -0.2) is 9.97 Å². The first-order valence-electron chi connectivity index (χ1n) is 6.71. The summed E-state index contributed by atoms with van der Waals surface area (Å²) in [6.07, 6.45) is 2.52. The third-order valence-corrected chi connectivity index (χ3v) is 3.96. The summed E-state index contributed by atoms with van der Waals surface area (Å²) in [5, 5.41) is 3.68. The fraction of sp³-hybridized carbons (Fsp3) is 0.333. The molecule has 2 atom stereocenters. The van der Waals surface area contributed by atoms with Gasteiger partial charge in [0.25, 0.3) is 0 Å². The highest BCUT2D eigenvalue weighted by molar-refractivity contribution is 7.84. The maximum absolute atomic E-state index is 11.1. The molecule has 112 valence electrons. The van der Waals surface area contributed by atoms with Gasteiger partial charge >= 0.3 is 0 Å². The average Bonchev–Trinajstić information content (AvgIpc) is 2.45. The second kappa shape index (κ2) is 7.52. The molecule has 2 rings (SSSR count). The smallest absolute Gasteiger partial charge is 0.163 e. The minimum atomic E-state index is -0.781. The van der Waals surface area contributed by atoms with Gasteiger partial charge in [0, 0.05) is 40.5 Å². The van der Waals surface area contributed by atoms with Crippen molar-refractivity contribution in [2.24, 2.45) is 0 Å². The number of rotatable bonds is 6. The molecule has 0 spiro atoms. The van der Waals surface area contributed by atoms with Crippen LogP contribution in [0.3, 0.4) is 0 Å². The zero-order valence-electron chi connectivity index (χ0n) is 12.0. The molecule has 0 aliphatic heterocycles. The van der Waals surface area contributed by atoms with Gasteiger partial charge in [0.15, 0.2) is 5.82 Å². The van der Waals surface area contributed by atoms with Crippen LogP contribution in [0.2, 0.25) is 5.15 Å². The Morgan fingerprint density at radius 3 is 2.67 bits per heavy atom. The van der Waals surface area contributed by atoms with Crippen LogP contribution in [0.15, 0.2) is 36.4 Å². The average molecular weight is 324 g/mol. The second-order valence-corrected chi connectivity index (χ2v) is 6.82. The summed E-state index contributed by atoms with van der Waals surface area (Å²) in [6.45, 7) is 2.03.